The number of carboxylic acid groups (broad SMARTS) is 1. The first-order chi connectivity index (χ1) is 13.3. The second-order valence-corrected chi connectivity index (χ2v) is 7.46. The van der Waals surface area contributed by atoms with Gasteiger partial charge in [-0.05, 0) is 17.7 Å². The molecule has 0 spiro atoms. The predicted molar refractivity (Wildman–Crippen MR) is 101 cm³/mol. The molecular weight excluding hydrogens is 364 g/mol. The van der Waals surface area contributed by atoms with Gasteiger partial charge in [-0.1, -0.05) is 13.8 Å². The van der Waals surface area contributed by atoms with Crippen LogP contribution >= 0.6 is 0 Å². The van der Waals surface area contributed by atoms with Crippen LogP contribution in [0.2, 0.25) is 0 Å². The standard InChI is InChI=1S/C19H20N4O5/c1-19(2)9-20-8-12(16(24)25)15-14(19)11-4-3-10(7-13(11)22-15)28-18(27)23-6-5-21-17(23)26/h3-4,7-8,20,22H,5-6,9H2,1-2H3,(H,21,26)(H,24,25). The van der Waals surface area contributed by atoms with E-state index in [2.05, 4.69) is 15.6 Å². The van der Waals surface area contributed by atoms with Gasteiger partial charge in [-0.3, -0.25) is 0 Å². The maximum absolute atomic E-state index is 12.2. The fourth-order valence-electron chi connectivity index (χ4n) is 3.68. The molecule has 0 bridgehead atoms. The van der Waals surface area contributed by atoms with Gasteiger partial charge < -0.3 is 25.5 Å². The summed E-state index contributed by atoms with van der Waals surface area (Å²) in [5.41, 5.74) is 1.89. The minimum atomic E-state index is -1.04. The SMILES string of the molecule is CC1(C)CNC=C(C(=O)O)c2[nH]c3cc(OC(=O)N4CCNC4=O)ccc3c21. The Labute approximate surface area is 160 Å². The van der Waals surface area contributed by atoms with Gasteiger partial charge >= 0.3 is 18.1 Å². The molecule has 4 rings (SSSR count). The van der Waals surface area contributed by atoms with Gasteiger partial charge in [0.1, 0.15) is 5.75 Å². The fourth-order valence-corrected chi connectivity index (χ4v) is 3.68. The molecule has 9 heteroatoms. The summed E-state index contributed by atoms with van der Waals surface area (Å²) in [4.78, 5) is 39.6. The number of nitrogens with zero attached hydrogens (tertiary/aromatic N) is 1. The van der Waals surface area contributed by atoms with Crippen LogP contribution in [0.4, 0.5) is 9.59 Å². The highest BCUT2D eigenvalue weighted by Gasteiger charge is 2.33. The number of nitrogens with one attached hydrogen (secondary N) is 3. The summed E-state index contributed by atoms with van der Waals surface area (Å²) in [6.07, 6.45) is 0.746. The van der Waals surface area contributed by atoms with Crippen LogP contribution in [0.15, 0.2) is 24.4 Å². The zero-order chi connectivity index (χ0) is 20.1. The third-order valence-corrected chi connectivity index (χ3v) is 5.02. The first kappa shape index (κ1) is 17.9. The third-order valence-electron chi connectivity index (χ3n) is 5.02. The number of aromatic nitrogens is 1. The van der Waals surface area contributed by atoms with Crippen molar-refractivity contribution >= 4 is 34.6 Å². The molecular formula is C19H20N4O5. The van der Waals surface area contributed by atoms with Crippen LogP contribution in [0.5, 0.6) is 5.75 Å². The van der Waals surface area contributed by atoms with Gasteiger partial charge in [-0.2, -0.15) is 0 Å². The molecule has 2 aromatic rings. The largest absolute Gasteiger partial charge is 0.478 e. The maximum Gasteiger partial charge on any atom is 0.423 e. The molecule has 3 amide bonds. The lowest BCUT2D eigenvalue weighted by molar-refractivity contribution is -0.130. The number of fused-ring (bicyclic) bond motifs is 3. The second-order valence-electron chi connectivity index (χ2n) is 7.46. The third kappa shape index (κ3) is 2.84. The van der Waals surface area contributed by atoms with Crippen LogP contribution < -0.4 is 15.4 Å². The van der Waals surface area contributed by atoms with Crippen molar-refractivity contribution in [3.05, 3.63) is 35.7 Å². The Hall–Kier alpha value is -3.49. The Morgan fingerprint density at radius 3 is 2.75 bits per heavy atom. The highest BCUT2D eigenvalue weighted by Crippen LogP contribution is 2.39. The topological polar surface area (TPSA) is 124 Å². The Kier molecular flexibility index (Phi) is 4.02. The van der Waals surface area contributed by atoms with E-state index in [4.69, 9.17) is 4.74 Å². The van der Waals surface area contributed by atoms with Crippen LogP contribution in [0, 0.1) is 0 Å². The first-order valence-corrected chi connectivity index (χ1v) is 8.88. The zero-order valence-electron chi connectivity index (χ0n) is 15.5. The number of urea groups is 1. The predicted octanol–water partition coefficient (Wildman–Crippen LogP) is 2.00. The Balaban J connectivity index is 1.74. The molecule has 3 heterocycles. The van der Waals surface area contributed by atoms with Crippen molar-refractivity contribution in [3.8, 4) is 5.75 Å². The maximum atomic E-state index is 12.2. The molecule has 4 N–H and O–H groups in total. The summed E-state index contributed by atoms with van der Waals surface area (Å²) in [7, 11) is 0. The summed E-state index contributed by atoms with van der Waals surface area (Å²) in [6, 6.07) is 4.59. The van der Waals surface area contributed by atoms with Crippen molar-refractivity contribution in [3.63, 3.8) is 0 Å². The van der Waals surface area contributed by atoms with E-state index in [1.807, 2.05) is 13.8 Å². The molecule has 0 aliphatic carbocycles. The monoisotopic (exact) mass is 384 g/mol. The number of aromatic amines is 1. The number of aliphatic carboxylic acids is 1. The van der Waals surface area contributed by atoms with E-state index in [1.54, 1.807) is 18.2 Å². The first-order valence-electron chi connectivity index (χ1n) is 8.88. The summed E-state index contributed by atoms with van der Waals surface area (Å²) in [6.45, 7) is 5.29. The van der Waals surface area contributed by atoms with Crippen LogP contribution in [0.1, 0.15) is 25.1 Å². The van der Waals surface area contributed by atoms with E-state index in [1.165, 1.54) is 6.20 Å². The molecule has 0 saturated carbocycles. The van der Waals surface area contributed by atoms with E-state index < -0.39 is 18.1 Å². The Bertz CT molecular complexity index is 1040. The average molecular weight is 384 g/mol. The molecule has 1 fully saturated rings. The van der Waals surface area contributed by atoms with Gasteiger partial charge in [0.15, 0.2) is 0 Å². The van der Waals surface area contributed by atoms with Crippen molar-refractivity contribution in [2.45, 2.75) is 19.3 Å². The number of H-pyrrole nitrogens is 1. The molecule has 1 saturated heterocycles. The highest BCUT2D eigenvalue weighted by atomic mass is 16.6. The van der Waals surface area contributed by atoms with Crippen molar-refractivity contribution in [1.29, 1.82) is 0 Å². The molecule has 1 aromatic carbocycles. The van der Waals surface area contributed by atoms with Crippen LogP contribution in [-0.4, -0.2) is 52.7 Å². The normalized spacial score (nSPS) is 18.0. The quantitative estimate of drug-likeness (QED) is 0.628. The van der Waals surface area contributed by atoms with E-state index in [0.29, 0.717) is 24.3 Å². The molecule has 146 valence electrons. The van der Waals surface area contributed by atoms with Gasteiger partial charge in [-0.25, -0.2) is 19.3 Å². The summed E-state index contributed by atoms with van der Waals surface area (Å²) in [5, 5.41) is 16.0. The number of carbonyl (C=O) groups excluding carboxylic acids is 2. The van der Waals surface area contributed by atoms with Gasteiger partial charge in [-0.15, -0.1) is 0 Å². The molecule has 0 unspecified atom stereocenters. The summed E-state index contributed by atoms with van der Waals surface area (Å²) >= 11 is 0. The number of benzene rings is 1. The molecule has 2 aliphatic heterocycles. The van der Waals surface area contributed by atoms with Crippen molar-refractivity contribution < 1.29 is 24.2 Å². The van der Waals surface area contributed by atoms with Gasteiger partial charge in [0.25, 0.3) is 0 Å². The van der Waals surface area contributed by atoms with Gasteiger partial charge in [0, 0.05) is 41.7 Å². The summed E-state index contributed by atoms with van der Waals surface area (Å²) < 4.78 is 5.32. The second kappa shape index (κ2) is 6.29. The smallest absolute Gasteiger partial charge is 0.423 e. The lowest BCUT2D eigenvalue weighted by Crippen LogP contribution is -2.36. The number of rotatable bonds is 2. The minimum Gasteiger partial charge on any atom is -0.478 e. The van der Waals surface area contributed by atoms with E-state index in [0.717, 1.165) is 15.8 Å². The number of hydrogen-bond donors (Lipinski definition) is 4. The summed E-state index contributed by atoms with van der Waals surface area (Å²) in [5.74, 6) is -0.768. The molecule has 1 aromatic heterocycles. The highest BCUT2D eigenvalue weighted by molar-refractivity contribution is 6.17. The van der Waals surface area contributed by atoms with E-state index >= 15 is 0 Å². The molecule has 0 atom stereocenters. The number of ether oxygens (including phenoxy) is 1. The minimum absolute atomic E-state index is 0.143. The lowest BCUT2D eigenvalue weighted by Gasteiger charge is -2.24. The van der Waals surface area contributed by atoms with Gasteiger partial charge in [0.05, 0.1) is 17.8 Å². The number of carbonyl (C=O) groups is 3. The number of amides is 3. The number of imide groups is 1. The lowest BCUT2D eigenvalue weighted by atomic mass is 9.82. The average Bonchev–Trinajstić information content (AvgIpc) is 3.18. The molecule has 9 nitrogen and oxygen atoms in total. The van der Waals surface area contributed by atoms with Gasteiger partial charge in [0.2, 0.25) is 0 Å². The number of hydrogen-bond acceptors (Lipinski definition) is 5. The molecule has 0 radical (unpaired) electrons. The van der Waals surface area contributed by atoms with Crippen LogP contribution in [0.3, 0.4) is 0 Å². The van der Waals surface area contributed by atoms with Crippen molar-refractivity contribution in [2.75, 3.05) is 19.6 Å². The van der Waals surface area contributed by atoms with E-state index in [-0.39, 0.29) is 23.3 Å². The molecule has 2 aliphatic rings. The van der Waals surface area contributed by atoms with Crippen molar-refractivity contribution in [1.82, 2.24) is 20.5 Å². The Morgan fingerprint density at radius 1 is 1.29 bits per heavy atom. The fraction of sp³-hybridized carbons (Fsp3) is 0.316. The van der Waals surface area contributed by atoms with Crippen LogP contribution in [-0.2, 0) is 10.2 Å². The zero-order valence-corrected chi connectivity index (χ0v) is 15.5. The number of carboxylic acids is 1. The van der Waals surface area contributed by atoms with Crippen LogP contribution in [0.25, 0.3) is 16.5 Å². The molecule has 28 heavy (non-hydrogen) atoms. The van der Waals surface area contributed by atoms with Crippen molar-refractivity contribution in [2.24, 2.45) is 0 Å². The Morgan fingerprint density at radius 2 is 2.07 bits per heavy atom. The van der Waals surface area contributed by atoms with E-state index in [9.17, 15) is 19.5 Å².